The summed E-state index contributed by atoms with van der Waals surface area (Å²) < 4.78 is 11.3. The van der Waals surface area contributed by atoms with Crippen LogP contribution >= 0.6 is 0 Å². The average Bonchev–Trinajstić information content (AvgIpc) is 2.55. The van der Waals surface area contributed by atoms with Crippen LogP contribution < -0.4 is 10.5 Å². The number of nitrogens with two attached hydrogens (primary N) is 1. The molecule has 0 aliphatic heterocycles. The van der Waals surface area contributed by atoms with Gasteiger partial charge in [-0.2, -0.15) is 0 Å². The summed E-state index contributed by atoms with van der Waals surface area (Å²) >= 11 is 0. The zero-order valence-corrected chi connectivity index (χ0v) is 12.7. The first-order valence-corrected chi connectivity index (χ1v) is 7.23. The predicted molar refractivity (Wildman–Crippen MR) is 85.2 cm³/mol. The van der Waals surface area contributed by atoms with Crippen molar-refractivity contribution in [1.82, 2.24) is 0 Å². The van der Waals surface area contributed by atoms with E-state index in [1.807, 2.05) is 54.6 Å². The summed E-state index contributed by atoms with van der Waals surface area (Å²) in [5.74, 6) is 0.810. The Kier molecular flexibility index (Phi) is 5.37. The first-order chi connectivity index (χ1) is 10.2. The molecule has 2 N–H and O–H groups in total. The van der Waals surface area contributed by atoms with E-state index in [1.165, 1.54) is 0 Å². The number of hydrogen-bond acceptors (Lipinski definition) is 3. The SMILES string of the molecule is CCC(N)(COCc1ccccc1)c1ccccc1OC. The lowest BCUT2D eigenvalue weighted by atomic mass is 9.88. The van der Waals surface area contributed by atoms with E-state index < -0.39 is 5.54 Å². The Morgan fingerprint density at radius 2 is 1.67 bits per heavy atom. The number of rotatable bonds is 7. The lowest BCUT2D eigenvalue weighted by molar-refractivity contribution is 0.0693. The van der Waals surface area contributed by atoms with Crippen molar-refractivity contribution in [2.75, 3.05) is 13.7 Å². The Bertz CT molecular complexity index is 556. The minimum absolute atomic E-state index is 0.457. The topological polar surface area (TPSA) is 44.5 Å². The third-order valence-electron chi connectivity index (χ3n) is 3.75. The third kappa shape index (κ3) is 3.84. The van der Waals surface area contributed by atoms with E-state index >= 15 is 0 Å². The van der Waals surface area contributed by atoms with Crippen LogP contribution in [0.25, 0.3) is 0 Å². The summed E-state index contributed by atoms with van der Waals surface area (Å²) in [5, 5.41) is 0. The molecule has 0 aromatic heterocycles. The van der Waals surface area contributed by atoms with E-state index in [9.17, 15) is 0 Å². The molecule has 2 aromatic rings. The van der Waals surface area contributed by atoms with Gasteiger partial charge in [0.15, 0.2) is 0 Å². The van der Waals surface area contributed by atoms with Crippen LogP contribution in [0, 0.1) is 0 Å². The molecule has 1 atom stereocenters. The molecule has 3 nitrogen and oxygen atoms in total. The number of hydrogen-bond donors (Lipinski definition) is 1. The normalized spacial score (nSPS) is 13.7. The van der Waals surface area contributed by atoms with Crippen LogP contribution in [0.5, 0.6) is 5.75 Å². The zero-order chi connectivity index (χ0) is 15.1. The molecule has 0 fully saturated rings. The molecule has 0 bridgehead atoms. The van der Waals surface area contributed by atoms with Gasteiger partial charge in [0.2, 0.25) is 0 Å². The van der Waals surface area contributed by atoms with Crippen molar-refractivity contribution in [1.29, 1.82) is 0 Å². The van der Waals surface area contributed by atoms with Crippen molar-refractivity contribution >= 4 is 0 Å². The molecule has 0 radical (unpaired) electrons. The van der Waals surface area contributed by atoms with E-state index in [-0.39, 0.29) is 0 Å². The highest BCUT2D eigenvalue weighted by atomic mass is 16.5. The van der Waals surface area contributed by atoms with Gasteiger partial charge in [-0.1, -0.05) is 55.5 Å². The Labute approximate surface area is 126 Å². The largest absolute Gasteiger partial charge is 0.496 e. The lowest BCUT2D eigenvalue weighted by Gasteiger charge is -2.30. The fraction of sp³-hybridized carbons (Fsp3) is 0.333. The summed E-state index contributed by atoms with van der Waals surface area (Å²) in [6, 6.07) is 18.0. The summed E-state index contributed by atoms with van der Waals surface area (Å²) in [5.41, 5.74) is 8.15. The van der Waals surface area contributed by atoms with Crippen molar-refractivity contribution < 1.29 is 9.47 Å². The van der Waals surface area contributed by atoms with Gasteiger partial charge in [-0.05, 0) is 18.1 Å². The highest BCUT2D eigenvalue weighted by Gasteiger charge is 2.28. The minimum Gasteiger partial charge on any atom is -0.496 e. The van der Waals surface area contributed by atoms with Crippen LogP contribution in [0.2, 0.25) is 0 Å². The maximum atomic E-state index is 6.55. The highest BCUT2D eigenvalue weighted by molar-refractivity contribution is 5.39. The highest BCUT2D eigenvalue weighted by Crippen LogP contribution is 2.31. The van der Waals surface area contributed by atoms with Crippen LogP contribution in [0.15, 0.2) is 54.6 Å². The van der Waals surface area contributed by atoms with Crippen LogP contribution in [-0.2, 0) is 16.9 Å². The quantitative estimate of drug-likeness (QED) is 0.847. The molecule has 2 aromatic carbocycles. The number of para-hydroxylation sites is 1. The van der Waals surface area contributed by atoms with Gasteiger partial charge in [-0.3, -0.25) is 0 Å². The number of methoxy groups -OCH3 is 1. The minimum atomic E-state index is -0.540. The first-order valence-electron chi connectivity index (χ1n) is 7.23. The van der Waals surface area contributed by atoms with E-state index in [0.29, 0.717) is 13.2 Å². The maximum absolute atomic E-state index is 6.55. The molecule has 1 unspecified atom stereocenters. The molecule has 0 aliphatic carbocycles. The first kappa shape index (κ1) is 15.5. The third-order valence-corrected chi connectivity index (χ3v) is 3.75. The Hall–Kier alpha value is -1.84. The fourth-order valence-electron chi connectivity index (χ4n) is 2.35. The summed E-state index contributed by atoms with van der Waals surface area (Å²) in [4.78, 5) is 0. The second-order valence-corrected chi connectivity index (χ2v) is 5.19. The zero-order valence-electron chi connectivity index (χ0n) is 12.7. The van der Waals surface area contributed by atoms with Gasteiger partial charge in [0.25, 0.3) is 0 Å². The molecular weight excluding hydrogens is 262 g/mol. The Balaban J connectivity index is 2.07. The Morgan fingerprint density at radius 3 is 2.33 bits per heavy atom. The van der Waals surface area contributed by atoms with Gasteiger partial charge in [-0.15, -0.1) is 0 Å². The molecule has 0 heterocycles. The molecule has 2 rings (SSSR count). The van der Waals surface area contributed by atoms with Gasteiger partial charge in [0.1, 0.15) is 5.75 Å². The summed E-state index contributed by atoms with van der Waals surface area (Å²) in [6.45, 7) is 3.09. The van der Waals surface area contributed by atoms with Crippen molar-refractivity contribution in [3.05, 3.63) is 65.7 Å². The standard InChI is InChI=1S/C18H23NO2/c1-3-18(19,16-11-7-8-12-17(16)20-2)14-21-13-15-9-5-4-6-10-15/h4-12H,3,13-14,19H2,1-2H3. The Morgan fingerprint density at radius 1 is 1.00 bits per heavy atom. The molecular formula is C18H23NO2. The monoisotopic (exact) mass is 285 g/mol. The van der Waals surface area contributed by atoms with Gasteiger partial charge in [0, 0.05) is 5.56 Å². The fourth-order valence-corrected chi connectivity index (χ4v) is 2.35. The van der Waals surface area contributed by atoms with E-state index in [0.717, 1.165) is 23.3 Å². The van der Waals surface area contributed by atoms with E-state index in [1.54, 1.807) is 7.11 Å². The van der Waals surface area contributed by atoms with Crippen LogP contribution in [0.1, 0.15) is 24.5 Å². The lowest BCUT2D eigenvalue weighted by Crippen LogP contribution is -2.41. The predicted octanol–water partition coefficient (Wildman–Crippen LogP) is 3.48. The van der Waals surface area contributed by atoms with Gasteiger partial charge in [0.05, 0.1) is 25.9 Å². The number of benzene rings is 2. The van der Waals surface area contributed by atoms with Crippen LogP contribution in [0.3, 0.4) is 0 Å². The molecule has 0 saturated carbocycles. The molecule has 0 spiro atoms. The van der Waals surface area contributed by atoms with Crippen molar-refractivity contribution in [3.63, 3.8) is 0 Å². The second-order valence-electron chi connectivity index (χ2n) is 5.19. The molecule has 21 heavy (non-hydrogen) atoms. The number of ether oxygens (including phenoxy) is 2. The molecule has 0 amide bonds. The maximum Gasteiger partial charge on any atom is 0.124 e. The van der Waals surface area contributed by atoms with Gasteiger partial charge >= 0.3 is 0 Å². The average molecular weight is 285 g/mol. The van der Waals surface area contributed by atoms with Crippen LogP contribution in [-0.4, -0.2) is 13.7 Å². The van der Waals surface area contributed by atoms with Crippen LogP contribution in [0.4, 0.5) is 0 Å². The summed E-state index contributed by atoms with van der Waals surface area (Å²) in [7, 11) is 1.67. The van der Waals surface area contributed by atoms with Gasteiger partial charge < -0.3 is 15.2 Å². The van der Waals surface area contributed by atoms with E-state index in [4.69, 9.17) is 15.2 Å². The molecule has 0 aliphatic rings. The second kappa shape index (κ2) is 7.25. The van der Waals surface area contributed by atoms with Crippen molar-refractivity contribution in [3.8, 4) is 5.75 Å². The van der Waals surface area contributed by atoms with Crippen molar-refractivity contribution in [2.45, 2.75) is 25.5 Å². The molecule has 3 heteroatoms. The van der Waals surface area contributed by atoms with Gasteiger partial charge in [-0.25, -0.2) is 0 Å². The van der Waals surface area contributed by atoms with E-state index in [2.05, 4.69) is 6.92 Å². The smallest absolute Gasteiger partial charge is 0.124 e. The summed E-state index contributed by atoms with van der Waals surface area (Å²) in [6.07, 6.45) is 0.780. The van der Waals surface area contributed by atoms with Crippen molar-refractivity contribution in [2.24, 2.45) is 5.73 Å². The molecule has 0 saturated heterocycles. The molecule has 112 valence electrons.